The quantitative estimate of drug-likeness (QED) is 0.560. The maximum absolute atomic E-state index is 12.9. The Balaban J connectivity index is 1.78. The van der Waals surface area contributed by atoms with Crippen LogP contribution >= 0.6 is 11.6 Å². The van der Waals surface area contributed by atoms with E-state index in [1.165, 1.54) is 12.3 Å². The summed E-state index contributed by atoms with van der Waals surface area (Å²) in [6.07, 6.45) is 1.49. The second-order valence-electron chi connectivity index (χ2n) is 5.61. The van der Waals surface area contributed by atoms with E-state index in [-0.39, 0.29) is 10.7 Å². The molecule has 0 saturated heterocycles. The summed E-state index contributed by atoms with van der Waals surface area (Å²) in [5.74, 6) is 0.506. The van der Waals surface area contributed by atoms with Crippen LogP contribution in [0.5, 0.6) is 0 Å². The Labute approximate surface area is 153 Å². The highest BCUT2D eigenvalue weighted by atomic mass is 35.5. The summed E-state index contributed by atoms with van der Waals surface area (Å²) in [5, 5.41) is 8.18. The molecule has 0 unspecified atom stereocenters. The van der Waals surface area contributed by atoms with Gasteiger partial charge in [-0.05, 0) is 30.7 Å². The Morgan fingerprint density at radius 3 is 2.73 bits per heavy atom. The molecular weight excluding hydrogens is 378 g/mol. The van der Waals surface area contributed by atoms with Crippen LogP contribution in [-0.2, 0) is 10.0 Å². The summed E-state index contributed by atoms with van der Waals surface area (Å²) in [7, 11) is -3.93. The minimum absolute atomic E-state index is 0.0371. The first-order valence-electron chi connectivity index (χ1n) is 7.54. The van der Waals surface area contributed by atoms with Crippen molar-refractivity contribution < 1.29 is 17.5 Å². The fourth-order valence-corrected chi connectivity index (χ4v) is 4.14. The predicted molar refractivity (Wildman–Crippen MR) is 96.5 cm³/mol. The number of aryl methyl sites for hydroxylation is 1. The van der Waals surface area contributed by atoms with Crippen molar-refractivity contribution in [1.29, 1.82) is 0 Å². The summed E-state index contributed by atoms with van der Waals surface area (Å²) in [4.78, 5) is 0.0922. The lowest BCUT2D eigenvalue weighted by Crippen LogP contribution is -2.14. The van der Waals surface area contributed by atoms with E-state index in [1.54, 1.807) is 43.3 Å². The number of fused-ring (bicyclic) bond motifs is 1. The average Bonchev–Trinajstić information content (AvgIpc) is 3.26. The Bertz CT molecular complexity index is 1200. The maximum atomic E-state index is 12.9. The maximum Gasteiger partial charge on any atom is 0.263 e. The van der Waals surface area contributed by atoms with Gasteiger partial charge in [-0.3, -0.25) is 4.72 Å². The third-order valence-corrected chi connectivity index (χ3v) is 5.67. The van der Waals surface area contributed by atoms with Gasteiger partial charge in [0.15, 0.2) is 17.2 Å². The fourth-order valence-electron chi connectivity index (χ4n) is 2.61. The van der Waals surface area contributed by atoms with Crippen LogP contribution in [0.1, 0.15) is 5.56 Å². The second kappa shape index (κ2) is 6.15. The number of hydrogen-bond donors (Lipinski definition) is 1. The molecule has 132 valence electrons. The first-order chi connectivity index (χ1) is 12.5. The molecule has 9 heteroatoms. The largest absolute Gasteiger partial charge is 0.356 e. The van der Waals surface area contributed by atoms with Gasteiger partial charge in [0.1, 0.15) is 0 Å². The van der Waals surface area contributed by atoms with E-state index in [0.717, 1.165) is 0 Å². The van der Waals surface area contributed by atoms with Crippen molar-refractivity contribution in [1.82, 2.24) is 10.3 Å². The number of nitrogens with zero attached hydrogens (tertiary/aromatic N) is 2. The molecule has 0 bridgehead atoms. The number of rotatable bonds is 4. The molecular formula is C17H12ClN3O4S. The SMILES string of the molecule is Cc1ccc(-c2ccno2)cc1S(=O)(=O)Nc1noc2cccc(Cl)c12. The Morgan fingerprint density at radius 1 is 1.12 bits per heavy atom. The lowest BCUT2D eigenvalue weighted by molar-refractivity contribution is 0.432. The van der Waals surface area contributed by atoms with Crippen LogP contribution in [0.2, 0.25) is 5.02 Å². The molecule has 0 saturated carbocycles. The first-order valence-corrected chi connectivity index (χ1v) is 9.40. The van der Waals surface area contributed by atoms with Gasteiger partial charge >= 0.3 is 0 Å². The molecule has 0 spiro atoms. The van der Waals surface area contributed by atoms with Crippen LogP contribution in [0.3, 0.4) is 0 Å². The zero-order valence-electron chi connectivity index (χ0n) is 13.4. The minimum atomic E-state index is -3.93. The number of anilines is 1. The first kappa shape index (κ1) is 16.6. The van der Waals surface area contributed by atoms with Gasteiger partial charge < -0.3 is 9.05 Å². The fraction of sp³-hybridized carbons (Fsp3) is 0.0588. The van der Waals surface area contributed by atoms with E-state index >= 15 is 0 Å². The molecule has 2 heterocycles. The third-order valence-electron chi connectivity index (χ3n) is 3.88. The Morgan fingerprint density at radius 2 is 1.96 bits per heavy atom. The molecule has 0 aliphatic carbocycles. The molecule has 4 aromatic rings. The van der Waals surface area contributed by atoms with Crippen LogP contribution in [0.4, 0.5) is 5.82 Å². The van der Waals surface area contributed by atoms with E-state index < -0.39 is 10.0 Å². The van der Waals surface area contributed by atoms with E-state index in [4.69, 9.17) is 20.6 Å². The zero-order valence-corrected chi connectivity index (χ0v) is 15.0. The van der Waals surface area contributed by atoms with Crippen LogP contribution < -0.4 is 4.72 Å². The van der Waals surface area contributed by atoms with E-state index in [2.05, 4.69) is 15.0 Å². The standard InChI is InChI=1S/C17H12ClN3O4S/c1-10-5-6-11(13-7-8-19-24-13)9-15(10)26(22,23)21-17-16-12(18)3-2-4-14(16)25-20-17/h2-9H,1H3,(H,20,21). The monoisotopic (exact) mass is 389 g/mol. The van der Waals surface area contributed by atoms with Gasteiger partial charge in [0.2, 0.25) is 0 Å². The van der Waals surface area contributed by atoms with Gasteiger partial charge in [0.05, 0.1) is 21.5 Å². The van der Waals surface area contributed by atoms with Crippen molar-refractivity contribution in [3.63, 3.8) is 0 Å². The normalized spacial score (nSPS) is 11.8. The number of benzene rings is 2. The summed E-state index contributed by atoms with van der Waals surface area (Å²) in [6.45, 7) is 1.70. The number of hydrogen-bond acceptors (Lipinski definition) is 6. The smallest absolute Gasteiger partial charge is 0.263 e. The predicted octanol–water partition coefficient (Wildman–Crippen LogP) is 4.25. The summed E-state index contributed by atoms with van der Waals surface area (Å²) in [6, 6.07) is 11.6. The molecule has 26 heavy (non-hydrogen) atoms. The molecule has 4 rings (SSSR count). The molecule has 0 atom stereocenters. The molecule has 0 amide bonds. The highest BCUT2D eigenvalue weighted by Gasteiger charge is 2.22. The molecule has 0 radical (unpaired) electrons. The number of halogens is 1. The van der Waals surface area contributed by atoms with E-state index in [9.17, 15) is 8.42 Å². The van der Waals surface area contributed by atoms with Gasteiger partial charge in [-0.1, -0.05) is 40.1 Å². The topological polar surface area (TPSA) is 98.2 Å². The van der Waals surface area contributed by atoms with Crippen LogP contribution in [-0.4, -0.2) is 18.7 Å². The number of aromatic nitrogens is 2. The molecule has 1 N–H and O–H groups in total. The molecule has 0 fully saturated rings. The second-order valence-corrected chi connectivity index (χ2v) is 7.66. The summed E-state index contributed by atoms with van der Waals surface area (Å²) < 4.78 is 38.5. The van der Waals surface area contributed by atoms with Crippen molar-refractivity contribution >= 4 is 38.4 Å². The van der Waals surface area contributed by atoms with Crippen molar-refractivity contribution in [2.75, 3.05) is 4.72 Å². The van der Waals surface area contributed by atoms with Crippen molar-refractivity contribution in [2.45, 2.75) is 11.8 Å². The van der Waals surface area contributed by atoms with Crippen LogP contribution in [0, 0.1) is 6.92 Å². The van der Waals surface area contributed by atoms with Gasteiger partial charge in [-0.2, -0.15) is 0 Å². The molecule has 2 aromatic heterocycles. The van der Waals surface area contributed by atoms with Gasteiger partial charge in [0, 0.05) is 11.6 Å². The molecule has 7 nitrogen and oxygen atoms in total. The third kappa shape index (κ3) is 2.83. The Hall–Kier alpha value is -2.84. The van der Waals surface area contributed by atoms with Crippen LogP contribution in [0.25, 0.3) is 22.3 Å². The highest BCUT2D eigenvalue weighted by Crippen LogP contribution is 2.32. The zero-order chi connectivity index (χ0) is 18.3. The molecule has 0 aliphatic rings. The highest BCUT2D eigenvalue weighted by molar-refractivity contribution is 7.92. The lowest BCUT2D eigenvalue weighted by Gasteiger charge is -2.10. The van der Waals surface area contributed by atoms with Gasteiger partial charge in [-0.15, -0.1) is 0 Å². The number of nitrogens with one attached hydrogen (secondary N) is 1. The van der Waals surface area contributed by atoms with Gasteiger partial charge in [0.25, 0.3) is 10.0 Å². The molecule has 2 aromatic carbocycles. The minimum Gasteiger partial charge on any atom is -0.356 e. The lowest BCUT2D eigenvalue weighted by atomic mass is 10.1. The van der Waals surface area contributed by atoms with Crippen molar-refractivity contribution in [3.05, 3.63) is 59.2 Å². The number of sulfonamides is 1. The summed E-state index contributed by atoms with van der Waals surface area (Å²) in [5.41, 5.74) is 1.55. The van der Waals surface area contributed by atoms with Crippen molar-refractivity contribution in [2.24, 2.45) is 0 Å². The Kier molecular flexibility index (Phi) is 3.93. The summed E-state index contributed by atoms with van der Waals surface area (Å²) >= 11 is 6.15. The van der Waals surface area contributed by atoms with Crippen LogP contribution in [0.15, 0.2) is 62.6 Å². The molecule has 0 aliphatic heterocycles. The van der Waals surface area contributed by atoms with Crippen molar-refractivity contribution in [3.8, 4) is 11.3 Å². The van der Waals surface area contributed by atoms with E-state index in [0.29, 0.717) is 32.9 Å². The van der Waals surface area contributed by atoms with Gasteiger partial charge in [-0.25, -0.2) is 8.42 Å². The van der Waals surface area contributed by atoms with E-state index in [1.807, 2.05) is 0 Å². The average molecular weight is 390 g/mol.